The summed E-state index contributed by atoms with van der Waals surface area (Å²) >= 11 is 2.26. The van der Waals surface area contributed by atoms with Crippen molar-refractivity contribution in [1.29, 1.82) is 0 Å². The lowest BCUT2D eigenvalue weighted by Gasteiger charge is -2.11. The molecule has 0 aliphatic carbocycles. The van der Waals surface area contributed by atoms with Gasteiger partial charge in [0.05, 0.1) is 19.8 Å². The van der Waals surface area contributed by atoms with Crippen LogP contribution < -0.4 is 9.47 Å². The number of carbonyl (C=O) groups is 1. The number of halogens is 1. The summed E-state index contributed by atoms with van der Waals surface area (Å²) in [7, 11) is 0. The largest absolute Gasteiger partial charge is 0.487 e. The Labute approximate surface area is 183 Å². The van der Waals surface area contributed by atoms with Gasteiger partial charge < -0.3 is 18.8 Å². The molecule has 160 valence electrons. The molecule has 0 unspecified atom stereocenters. The fourth-order valence-electron chi connectivity index (χ4n) is 3.58. The first-order chi connectivity index (χ1) is 13.7. The maximum absolute atomic E-state index is 12.6. The first kappa shape index (κ1) is 23.4. The Morgan fingerprint density at radius 3 is 2.11 bits per heavy atom. The highest BCUT2D eigenvalue weighted by Crippen LogP contribution is 2.41. The van der Waals surface area contributed by atoms with Crippen molar-refractivity contribution in [1.82, 2.24) is 4.57 Å². The van der Waals surface area contributed by atoms with Crippen LogP contribution in [-0.4, -0.2) is 30.4 Å². The third kappa shape index (κ3) is 6.85. The normalized spacial score (nSPS) is 13.4. The van der Waals surface area contributed by atoms with E-state index in [4.69, 9.17) is 14.2 Å². The second-order valence-corrected chi connectivity index (χ2v) is 8.42. The van der Waals surface area contributed by atoms with Gasteiger partial charge in [-0.2, -0.15) is 0 Å². The van der Waals surface area contributed by atoms with Gasteiger partial charge in [-0.1, -0.05) is 64.7 Å². The summed E-state index contributed by atoms with van der Waals surface area (Å²) in [6, 6.07) is 0. The number of unbranched alkanes of at least 4 members (excludes halogenated alkanes) is 9. The highest BCUT2D eigenvalue weighted by Gasteiger charge is 2.30. The predicted molar refractivity (Wildman–Crippen MR) is 121 cm³/mol. The van der Waals surface area contributed by atoms with E-state index in [1.807, 2.05) is 11.5 Å². The molecule has 1 aliphatic heterocycles. The molecule has 28 heavy (non-hydrogen) atoms. The summed E-state index contributed by atoms with van der Waals surface area (Å²) in [5, 5.41) is 0. The number of rotatable bonds is 13. The average Bonchev–Trinajstić information content (AvgIpc) is 2.83. The van der Waals surface area contributed by atoms with Gasteiger partial charge in [-0.3, -0.25) is 0 Å². The molecule has 0 spiro atoms. The van der Waals surface area contributed by atoms with E-state index in [9.17, 15) is 4.79 Å². The molecule has 6 heteroatoms. The maximum atomic E-state index is 12.6. The Morgan fingerprint density at radius 1 is 0.929 bits per heavy atom. The van der Waals surface area contributed by atoms with Gasteiger partial charge in [0.2, 0.25) is 0 Å². The van der Waals surface area contributed by atoms with Crippen molar-refractivity contribution >= 4 is 28.6 Å². The van der Waals surface area contributed by atoms with Gasteiger partial charge >= 0.3 is 5.97 Å². The van der Waals surface area contributed by atoms with Crippen LogP contribution in [-0.2, 0) is 11.3 Å². The van der Waals surface area contributed by atoms with Gasteiger partial charge in [0.25, 0.3) is 0 Å². The number of aromatic nitrogens is 1. The van der Waals surface area contributed by atoms with Crippen molar-refractivity contribution in [3.05, 3.63) is 9.39 Å². The van der Waals surface area contributed by atoms with Crippen LogP contribution in [0.3, 0.4) is 0 Å². The van der Waals surface area contributed by atoms with E-state index >= 15 is 0 Å². The number of hydrogen-bond acceptors (Lipinski definition) is 4. The van der Waals surface area contributed by atoms with Gasteiger partial charge in [-0.15, -0.1) is 0 Å². The van der Waals surface area contributed by atoms with E-state index in [2.05, 4.69) is 29.5 Å². The smallest absolute Gasteiger partial charge is 0.359 e. The minimum absolute atomic E-state index is 0.320. The van der Waals surface area contributed by atoms with E-state index in [0.717, 1.165) is 23.1 Å². The summed E-state index contributed by atoms with van der Waals surface area (Å²) in [5.74, 6) is 0.944. The van der Waals surface area contributed by atoms with E-state index < -0.39 is 0 Å². The third-order valence-corrected chi connectivity index (χ3v) is 6.17. The number of ether oxygens (including phenoxy) is 3. The summed E-state index contributed by atoms with van der Waals surface area (Å²) in [6.45, 7) is 6.42. The van der Waals surface area contributed by atoms with Crippen molar-refractivity contribution in [3.63, 3.8) is 0 Å². The van der Waals surface area contributed by atoms with Crippen LogP contribution in [0.25, 0.3) is 0 Å². The quantitative estimate of drug-likeness (QED) is 0.178. The molecule has 0 fully saturated rings. The van der Waals surface area contributed by atoms with Crippen LogP contribution in [0.15, 0.2) is 0 Å². The van der Waals surface area contributed by atoms with Gasteiger partial charge in [0, 0.05) is 13.0 Å². The van der Waals surface area contributed by atoms with Gasteiger partial charge in [0.15, 0.2) is 17.2 Å². The first-order valence-corrected chi connectivity index (χ1v) is 12.1. The molecule has 0 bridgehead atoms. The molecular formula is C22H36INO4. The zero-order valence-electron chi connectivity index (χ0n) is 17.6. The molecule has 0 saturated heterocycles. The topological polar surface area (TPSA) is 49.7 Å². The molecule has 5 nitrogen and oxygen atoms in total. The highest BCUT2D eigenvalue weighted by molar-refractivity contribution is 14.1. The van der Waals surface area contributed by atoms with Crippen LogP contribution in [0.4, 0.5) is 0 Å². The molecule has 2 rings (SSSR count). The standard InChI is InChI=1S/C22H36INO4/c1-3-5-6-7-8-9-10-11-12-13-15-24-18(22(25)26-4-2)19-20(21(24)23)28-17-14-16-27-19/h3-17H2,1-2H3. The summed E-state index contributed by atoms with van der Waals surface area (Å²) in [6.07, 6.45) is 13.8. The molecule has 0 radical (unpaired) electrons. The minimum atomic E-state index is -0.320. The molecule has 1 aromatic rings. The van der Waals surface area contributed by atoms with E-state index in [1.165, 1.54) is 57.8 Å². The molecule has 0 amide bonds. The zero-order valence-corrected chi connectivity index (χ0v) is 19.7. The van der Waals surface area contributed by atoms with Crippen LogP contribution >= 0.6 is 22.6 Å². The molecule has 0 aromatic carbocycles. The highest BCUT2D eigenvalue weighted by atomic mass is 127. The Hall–Kier alpha value is -0.920. The van der Waals surface area contributed by atoms with Crippen LogP contribution in [0.5, 0.6) is 11.5 Å². The van der Waals surface area contributed by atoms with Crippen LogP contribution in [0.2, 0.25) is 0 Å². The Bertz CT molecular complexity index is 600. The number of hydrogen-bond donors (Lipinski definition) is 0. The summed E-state index contributed by atoms with van der Waals surface area (Å²) in [4.78, 5) is 12.6. The van der Waals surface area contributed by atoms with Crippen molar-refractivity contribution in [3.8, 4) is 11.5 Å². The van der Waals surface area contributed by atoms with Crippen molar-refractivity contribution in [2.75, 3.05) is 19.8 Å². The fraction of sp³-hybridized carbons (Fsp3) is 0.773. The molecule has 1 aromatic heterocycles. The van der Waals surface area contributed by atoms with Crippen LogP contribution in [0, 0.1) is 3.70 Å². The number of carbonyl (C=O) groups excluding carboxylic acids is 1. The molecule has 0 N–H and O–H groups in total. The maximum Gasteiger partial charge on any atom is 0.359 e. The van der Waals surface area contributed by atoms with Crippen molar-refractivity contribution < 1.29 is 19.0 Å². The van der Waals surface area contributed by atoms with Crippen molar-refractivity contribution in [2.24, 2.45) is 0 Å². The lowest BCUT2D eigenvalue weighted by atomic mass is 10.1. The molecule has 0 atom stereocenters. The molecular weight excluding hydrogens is 469 g/mol. The van der Waals surface area contributed by atoms with Gasteiger partial charge in [-0.25, -0.2) is 4.79 Å². The monoisotopic (exact) mass is 505 g/mol. The zero-order chi connectivity index (χ0) is 20.2. The fourth-order valence-corrected chi connectivity index (χ4v) is 4.46. The van der Waals surface area contributed by atoms with Gasteiger partial charge in [-0.05, 0) is 35.9 Å². The first-order valence-electron chi connectivity index (χ1n) is 11.0. The van der Waals surface area contributed by atoms with E-state index in [-0.39, 0.29) is 5.97 Å². The Balaban J connectivity index is 1.86. The summed E-state index contributed by atoms with van der Waals surface area (Å²) < 4.78 is 20.0. The second kappa shape index (κ2) is 13.3. The minimum Gasteiger partial charge on any atom is -0.487 e. The van der Waals surface area contributed by atoms with Crippen LogP contribution in [0.1, 0.15) is 95.0 Å². The lowest BCUT2D eigenvalue weighted by Crippen LogP contribution is -2.15. The SMILES string of the molecule is CCCCCCCCCCCCn1c(I)c2c(c1C(=O)OCC)OCCCO2. The Kier molecular flexibility index (Phi) is 11.1. The predicted octanol–water partition coefficient (Wildman–Crippen LogP) is 6.35. The molecule has 2 heterocycles. The average molecular weight is 505 g/mol. The number of esters is 1. The van der Waals surface area contributed by atoms with E-state index in [0.29, 0.717) is 37.0 Å². The van der Waals surface area contributed by atoms with E-state index in [1.54, 1.807) is 0 Å². The molecule has 1 aliphatic rings. The van der Waals surface area contributed by atoms with Crippen molar-refractivity contribution in [2.45, 2.75) is 91.0 Å². The number of fused-ring (bicyclic) bond motifs is 1. The third-order valence-electron chi connectivity index (χ3n) is 5.10. The molecule has 0 saturated carbocycles. The number of nitrogens with zero attached hydrogens (tertiary/aromatic N) is 1. The Morgan fingerprint density at radius 2 is 1.50 bits per heavy atom. The lowest BCUT2D eigenvalue weighted by molar-refractivity contribution is 0.0508. The summed E-state index contributed by atoms with van der Waals surface area (Å²) in [5.41, 5.74) is 0.513. The second-order valence-electron chi connectivity index (χ2n) is 7.40. The van der Waals surface area contributed by atoms with Gasteiger partial charge in [0.1, 0.15) is 3.70 Å².